The standard InChI is InChI=1S/C16H14F3NO2/c1-20(9-11-6-7-12(17)14(19)8-11)16(21)10-22-15-5-3-2-4-13(15)18/h2-8H,9-10H2,1H3. The zero-order chi connectivity index (χ0) is 16.1. The van der Waals surface area contributed by atoms with Gasteiger partial charge in [-0.3, -0.25) is 4.79 Å². The molecule has 0 radical (unpaired) electrons. The van der Waals surface area contributed by atoms with Crippen molar-refractivity contribution in [2.24, 2.45) is 0 Å². The van der Waals surface area contributed by atoms with Crippen LogP contribution in [-0.4, -0.2) is 24.5 Å². The Morgan fingerprint density at radius 1 is 1.05 bits per heavy atom. The first-order valence-electron chi connectivity index (χ1n) is 6.52. The topological polar surface area (TPSA) is 29.5 Å². The Bertz CT molecular complexity index is 676. The van der Waals surface area contributed by atoms with E-state index in [9.17, 15) is 18.0 Å². The van der Waals surface area contributed by atoms with Gasteiger partial charge in [0, 0.05) is 13.6 Å². The molecule has 22 heavy (non-hydrogen) atoms. The molecule has 0 spiro atoms. The summed E-state index contributed by atoms with van der Waals surface area (Å²) < 4.78 is 44.4. The maximum atomic E-state index is 13.3. The molecule has 0 aromatic heterocycles. The molecule has 6 heteroatoms. The van der Waals surface area contributed by atoms with Crippen molar-refractivity contribution < 1.29 is 22.7 Å². The first kappa shape index (κ1) is 15.9. The predicted molar refractivity (Wildman–Crippen MR) is 74.7 cm³/mol. The van der Waals surface area contributed by atoms with Crippen LogP contribution in [0.3, 0.4) is 0 Å². The van der Waals surface area contributed by atoms with Gasteiger partial charge in [-0.05, 0) is 29.8 Å². The van der Waals surface area contributed by atoms with Crippen LogP contribution >= 0.6 is 0 Å². The molecule has 0 heterocycles. The van der Waals surface area contributed by atoms with Crippen LogP contribution in [0.5, 0.6) is 5.75 Å². The number of nitrogens with zero attached hydrogens (tertiary/aromatic N) is 1. The van der Waals surface area contributed by atoms with E-state index in [0.29, 0.717) is 5.56 Å². The van der Waals surface area contributed by atoms with Gasteiger partial charge in [0.05, 0.1) is 0 Å². The van der Waals surface area contributed by atoms with Gasteiger partial charge in [-0.2, -0.15) is 0 Å². The third-order valence-corrected chi connectivity index (χ3v) is 3.02. The van der Waals surface area contributed by atoms with Gasteiger partial charge in [0.2, 0.25) is 0 Å². The van der Waals surface area contributed by atoms with Gasteiger partial charge in [0.1, 0.15) is 0 Å². The van der Waals surface area contributed by atoms with E-state index in [1.807, 2.05) is 0 Å². The van der Waals surface area contributed by atoms with Gasteiger partial charge >= 0.3 is 0 Å². The summed E-state index contributed by atoms with van der Waals surface area (Å²) in [6.07, 6.45) is 0. The monoisotopic (exact) mass is 309 g/mol. The van der Waals surface area contributed by atoms with Crippen molar-refractivity contribution >= 4 is 5.91 Å². The molecule has 0 atom stereocenters. The zero-order valence-electron chi connectivity index (χ0n) is 11.9. The number of halogens is 3. The average molecular weight is 309 g/mol. The number of ether oxygens (including phenoxy) is 1. The minimum atomic E-state index is -0.971. The molecule has 0 N–H and O–H groups in total. The minimum absolute atomic E-state index is 0.0166. The van der Waals surface area contributed by atoms with E-state index in [0.717, 1.165) is 12.1 Å². The van der Waals surface area contributed by atoms with E-state index in [4.69, 9.17) is 4.74 Å². The molecule has 2 aromatic rings. The van der Waals surface area contributed by atoms with E-state index in [-0.39, 0.29) is 18.9 Å². The molecule has 116 valence electrons. The maximum Gasteiger partial charge on any atom is 0.260 e. The number of rotatable bonds is 5. The fourth-order valence-corrected chi connectivity index (χ4v) is 1.81. The van der Waals surface area contributed by atoms with Gasteiger partial charge < -0.3 is 9.64 Å². The molecule has 0 saturated heterocycles. The van der Waals surface area contributed by atoms with Crippen LogP contribution in [0.25, 0.3) is 0 Å². The molecule has 0 aliphatic carbocycles. The average Bonchev–Trinajstić information content (AvgIpc) is 2.50. The number of carbonyl (C=O) groups is 1. The lowest BCUT2D eigenvalue weighted by atomic mass is 10.2. The smallest absolute Gasteiger partial charge is 0.260 e. The van der Waals surface area contributed by atoms with Gasteiger partial charge in [-0.25, -0.2) is 13.2 Å². The Balaban J connectivity index is 1.92. The van der Waals surface area contributed by atoms with Crippen LogP contribution < -0.4 is 4.74 Å². The Labute approximate surface area is 125 Å². The van der Waals surface area contributed by atoms with E-state index < -0.39 is 23.4 Å². The number of likely N-dealkylation sites (N-methyl/N-ethyl adjacent to an activating group) is 1. The fourth-order valence-electron chi connectivity index (χ4n) is 1.81. The number of hydrogen-bond acceptors (Lipinski definition) is 2. The van der Waals surface area contributed by atoms with Crippen LogP contribution in [0.2, 0.25) is 0 Å². The van der Waals surface area contributed by atoms with Crippen molar-refractivity contribution in [2.45, 2.75) is 6.54 Å². The molecular weight excluding hydrogens is 295 g/mol. The van der Waals surface area contributed by atoms with Crippen molar-refractivity contribution in [3.63, 3.8) is 0 Å². The lowest BCUT2D eigenvalue weighted by molar-refractivity contribution is -0.132. The lowest BCUT2D eigenvalue weighted by Gasteiger charge is -2.17. The van der Waals surface area contributed by atoms with Crippen LogP contribution in [0.1, 0.15) is 5.56 Å². The summed E-state index contributed by atoms with van der Waals surface area (Å²) >= 11 is 0. The number of hydrogen-bond donors (Lipinski definition) is 0. The van der Waals surface area contributed by atoms with Crippen molar-refractivity contribution in [3.05, 3.63) is 65.5 Å². The molecule has 0 aliphatic rings. The van der Waals surface area contributed by atoms with Gasteiger partial charge in [0.15, 0.2) is 29.8 Å². The van der Waals surface area contributed by atoms with E-state index >= 15 is 0 Å². The molecule has 0 unspecified atom stereocenters. The number of amides is 1. The van der Waals surface area contributed by atoms with Crippen LogP contribution in [0, 0.1) is 17.5 Å². The van der Waals surface area contributed by atoms with E-state index in [1.54, 1.807) is 6.07 Å². The quantitative estimate of drug-likeness (QED) is 0.849. The Morgan fingerprint density at radius 3 is 2.45 bits per heavy atom. The minimum Gasteiger partial charge on any atom is -0.481 e. The summed E-state index contributed by atoms with van der Waals surface area (Å²) in [5.74, 6) is -2.90. The maximum absolute atomic E-state index is 13.3. The van der Waals surface area contributed by atoms with E-state index in [1.165, 1.54) is 36.2 Å². The molecular formula is C16H14F3NO2. The predicted octanol–water partition coefficient (Wildman–Crippen LogP) is 3.14. The highest BCUT2D eigenvalue weighted by Crippen LogP contribution is 2.15. The van der Waals surface area contributed by atoms with Crippen LogP contribution in [0.4, 0.5) is 13.2 Å². The third-order valence-electron chi connectivity index (χ3n) is 3.02. The highest BCUT2D eigenvalue weighted by molar-refractivity contribution is 5.77. The second-order valence-electron chi connectivity index (χ2n) is 4.72. The summed E-state index contributed by atoms with van der Waals surface area (Å²) in [5, 5.41) is 0. The summed E-state index contributed by atoms with van der Waals surface area (Å²) in [4.78, 5) is 13.2. The van der Waals surface area contributed by atoms with Crippen LogP contribution in [-0.2, 0) is 11.3 Å². The van der Waals surface area contributed by atoms with Crippen molar-refractivity contribution in [1.82, 2.24) is 4.90 Å². The summed E-state index contributed by atoms with van der Waals surface area (Å²) in [5.41, 5.74) is 0.445. The normalized spacial score (nSPS) is 10.4. The SMILES string of the molecule is CN(Cc1ccc(F)c(F)c1)C(=O)COc1ccccc1F. The zero-order valence-corrected chi connectivity index (χ0v) is 11.9. The lowest BCUT2D eigenvalue weighted by Crippen LogP contribution is -2.31. The fraction of sp³-hybridized carbons (Fsp3) is 0.188. The Morgan fingerprint density at radius 2 is 1.77 bits per heavy atom. The second kappa shape index (κ2) is 6.98. The van der Waals surface area contributed by atoms with Crippen LogP contribution in [0.15, 0.2) is 42.5 Å². The summed E-state index contributed by atoms with van der Waals surface area (Å²) in [6.45, 7) is -0.252. The Hall–Kier alpha value is -2.50. The molecule has 3 nitrogen and oxygen atoms in total. The molecule has 2 aromatic carbocycles. The molecule has 0 saturated carbocycles. The second-order valence-corrected chi connectivity index (χ2v) is 4.72. The highest BCUT2D eigenvalue weighted by atomic mass is 19.2. The highest BCUT2D eigenvalue weighted by Gasteiger charge is 2.12. The summed E-state index contributed by atoms with van der Waals surface area (Å²) in [6, 6.07) is 9.16. The molecule has 2 rings (SSSR count). The first-order valence-corrected chi connectivity index (χ1v) is 6.52. The molecule has 1 amide bonds. The first-order chi connectivity index (χ1) is 10.5. The van der Waals surface area contributed by atoms with Crippen molar-refractivity contribution in [2.75, 3.05) is 13.7 Å². The Kier molecular flexibility index (Phi) is 5.04. The largest absolute Gasteiger partial charge is 0.481 e. The van der Waals surface area contributed by atoms with Gasteiger partial charge in [0.25, 0.3) is 5.91 Å². The van der Waals surface area contributed by atoms with Crippen molar-refractivity contribution in [3.8, 4) is 5.75 Å². The molecule has 0 fully saturated rings. The van der Waals surface area contributed by atoms with Gasteiger partial charge in [-0.1, -0.05) is 18.2 Å². The third kappa shape index (κ3) is 4.00. The number of para-hydroxylation sites is 1. The summed E-state index contributed by atoms with van der Waals surface area (Å²) in [7, 11) is 1.49. The van der Waals surface area contributed by atoms with E-state index in [2.05, 4.69) is 0 Å². The van der Waals surface area contributed by atoms with Crippen molar-refractivity contribution in [1.29, 1.82) is 0 Å². The number of carbonyl (C=O) groups excluding carboxylic acids is 1. The van der Waals surface area contributed by atoms with Gasteiger partial charge in [-0.15, -0.1) is 0 Å². The molecule has 0 bridgehead atoms. The molecule has 0 aliphatic heterocycles. The number of benzene rings is 2.